The number of benzene rings is 1. The summed E-state index contributed by atoms with van der Waals surface area (Å²) < 4.78 is 0. The lowest BCUT2D eigenvalue weighted by Crippen LogP contribution is -1.87. The van der Waals surface area contributed by atoms with Crippen molar-refractivity contribution in [1.29, 1.82) is 0 Å². The van der Waals surface area contributed by atoms with Crippen molar-refractivity contribution in [2.75, 3.05) is 0 Å². The fraction of sp³-hybridized carbons (Fsp3) is 0.286. The lowest BCUT2D eigenvalue weighted by molar-refractivity contribution is 1.39. The highest BCUT2D eigenvalue weighted by molar-refractivity contribution is 5.91. The molecular formula is C14H16N2. The predicted octanol–water partition coefficient (Wildman–Crippen LogP) is 3.70. The number of allylic oxidation sites excluding steroid dienone is 1. The zero-order valence-electron chi connectivity index (χ0n) is 9.77. The molecule has 0 aromatic heterocycles. The van der Waals surface area contributed by atoms with Crippen molar-refractivity contribution >= 4 is 17.1 Å². The summed E-state index contributed by atoms with van der Waals surface area (Å²) in [5.74, 6) is 0. The van der Waals surface area contributed by atoms with Crippen molar-refractivity contribution in [3.63, 3.8) is 0 Å². The highest BCUT2D eigenvalue weighted by atomic mass is 14.8. The minimum Gasteiger partial charge on any atom is -0.266 e. The number of aliphatic imine (C=N–C) groups is 2. The van der Waals surface area contributed by atoms with Gasteiger partial charge in [0, 0.05) is 30.5 Å². The molecular weight excluding hydrogens is 196 g/mol. The second kappa shape index (κ2) is 4.88. The first-order valence-corrected chi connectivity index (χ1v) is 5.56. The average Bonchev–Trinajstić information content (AvgIpc) is 2.86. The van der Waals surface area contributed by atoms with Gasteiger partial charge >= 0.3 is 0 Å². The maximum Gasteiger partial charge on any atom is 0.0664 e. The smallest absolute Gasteiger partial charge is 0.0664 e. The van der Waals surface area contributed by atoms with E-state index in [1.807, 2.05) is 19.2 Å². The maximum atomic E-state index is 4.37. The van der Waals surface area contributed by atoms with Gasteiger partial charge < -0.3 is 0 Å². The number of nitrogens with zero attached hydrogens (tertiary/aromatic N) is 2. The number of para-hydroxylation sites is 1. The molecule has 2 heteroatoms. The summed E-state index contributed by atoms with van der Waals surface area (Å²) in [6, 6.07) is 8.29. The average molecular weight is 212 g/mol. The Morgan fingerprint density at radius 1 is 1.06 bits per heavy atom. The van der Waals surface area contributed by atoms with Crippen LogP contribution in [0.1, 0.15) is 25.8 Å². The molecule has 0 saturated heterocycles. The Morgan fingerprint density at radius 2 is 1.88 bits per heavy atom. The van der Waals surface area contributed by atoms with E-state index in [1.54, 1.807) is 0 Å². The Hall–Kier alpha value is -1.70. The third-order valence-corrected chi connectivity index (χ3v) is 2.56. The van der Waals surface area contributed by atoms with Gasteiger partial charge in [0.15, 0.2) is 0 Å². The van der Waals surface area contributed by atoms with Crippen LogP contribution < -0.4 is 0 Å². The zero-order valence-corrected chi connectivity index (χ0v) is 9.77. The Kier molecular flexibility index (Phi) is 3.30. The van der Waals surface area contributed by atoms with E-state index < -0.39 is 0 Å². The van der Waals surface area contributed by atoms with E-state index in [4.69, 9.17) is 0 Å². The van der Waals surface area contributed by atoms with Gasteiger partial charge in [-0.1, -0.05) is 24.3 Å². The topological polar surface area (TPSA) is 24.7 Å². The summed E-state index contributed by atoms with van der Waals surface area (Å²) in [4.78, 5) is 8.34. The number of rotatable bonds is 0. The third kappa shape index (κ3) is 2.66. The summed E-state index contributed by atoms with van der Waals surface area (Å²) in [7, 11) is 0. The molecule has 0 fully saturated rings. The Morgan fingerprint density at radius 3 is 2.44 bits per heavy atom. The maximum absolute atomic E-state index is 4.37. The number of hydrogen-bond acceptors (Lipinski definition) is 2. The second-order valence-electron chi connectivity index (χ2n) is 4.11. The van der Waals surface area contributed by atoms with Crippen LogP contribution in [0.2, 0.25) is 0 Å². The molecule has 0 N–H and O–H groups in total. The van der Waals surface area contributed by atoms with Crippen LogP contribution in [0.5, 0.6) is 0 Å². The number of hydrogen-bond donors (Lipinski definition) is 0. The highest BCUT2D eigenvalue weighted by Gasteiger charge is 2.08. The van der Waals surface area contributed by atoms with Gasteiger partial charge in [0.05, 0.1) is 5.69 Å². The molecule has 16 heavy (non-hydrogen) atoms. The second-order valence-corrected chi connectivity index (χ2v) is 4.11. The number of fused-ring (bicyclic) bond motifs is 1. The molecule has 0 atom stereocenters. The molecule has 0 spiro atoms. The van der Waals surface area contributed by atoms with Gasteiger partial charge in [-0.15, -0.1) is 0 Å². The van der Waals surface area contributed by atoms with Crippen molar-refractivity contribution in [1.82, 2.24) is 0 Å². The molecule has 0 saturated carbocycles. The molecule has 2 heterocycles. The quantitative estimate of drug-likeness (QED) is 0.626. The molecule has 0 amide bonds. The van der Waals surface area contributed by atoms with Crippen LogP contribution in [0.3, 0.4) is 0 Å². The van der Waals surface area contributed by atoms with E-state index in [-0.39, 0.29) is 0 Å². The molecule has 1 aromatic carbocycles. The van der Waals surface area contributed by atoms with Crippen LogP contribution in [0, 0.1) is 0 Å². The Labute approximate surface area is 96.4 Å². The van der Waals surface area contributed by atoms with E-state index in [1.165, 1.54) is 17.0 Å². The fourth-order valence-electron chi connectivity index (χ4n) is 1.75. The highest BCUT2D eigenvalue weighted by Crippen LogP contribution is 2.25. The molecule has 2 aliphatic rings. The van der Waals surface area contributed by atoms with Crippen LogP contribution >= 0.6 is 0 Å². The zero-order chi connectivity index (χ0) is 11.4. The Bertz CT molecular complexity index is 467. The predicted molar refractivity (Wildman–Crippen MR) is 69.8 cm³/mol. The molecule has 0 bridgehead atoms. The normalized spacial score (nSPS) is 16.1. The standard InChI is InChI=1S/C9H9N.C5H7N/c1-7-6-8-4-2-3-5-9(8)10-7;1-5-3-2-4-6-5/h2-5H,6H2,1H3;2,4H,3H2,1H3. The first-order valence-electron chi connectivity index (χ1n) is 5.56. The van der Waals surface area contributed by atoms with Crippen molar-refractivity contribution in [2.45, 2.75) is 26.7 Å². The van der Waals surface area contributed by atoms with Crippen LogP contribution in [-0.2, 0) is 6.42 Å². The molecule has 2 nitrogen and oxygen atoms in total. The summed E-state index contributed by atoms with van der Waals surface area (Å²) in [5, 5.41) is 0. The van der Waals surface area contributed by atoms with E-state index in [0.717, 1.165) is 18.5 Å². The van der Waals surface area contributed by atoms with Crippen molar-refractivity contribution in [2.24, 2.45) is 9.98 Å². The van der Waals surface area contributed by atoms with Gasteiger partial charge in [0.2, 0.25) is 0 Å². The van der Waals surface area contributed by atoms with Gasteiger partial charge in [0.1, 0.15) is 0 Å². The minimum atomic E-state index is 1.04. The van der Waals surface area contributed by atoms with Crippen LogP contribution in [0.25, 0.3) is 0 Å². The third-order valence-electron chi connectivity index (χ3n) is 2.56. The SMILES string of the molecule is CC1=NC=CC1.CC1=Nc2ccccc2C1. The van der Waals surface area contributed by atoms with Gasteiger partial charge in [-0.3, -0.25) is 9.98 Å². The summed E-state index contributed by atoms with van der Waals surface area (Å²) >= 11 is 0. The largest absolute Gasteiger partial charge is 0.266 e. The van der Waals surface area contributed by atoms with Gasteiger partial charge in [-0.2, -0.15) is 0 Å². The summed E-state index contributed by atoms with van der Waals surface area (Å²) in [6.45, 7) is 4.10. The van der Waals surface area contributed by atoms with Crippen molar-refractivity contribution in [3.05, 3.63) is 42.1 Å². The van der Waals surface area contributed by atoms with Crippen LogP contribution in [-0.4, -0.2) is 11.4 Å². The van der Waals surface area contributed by atoms with E-state index >= 15 is 0 Å². The molecule has 0 radical (unpaired) electrons. The summed E-state index contributed by atoms with van der Waals surface area (Å²) in [6.07, 6.45) is 5.99. The van der Waals surface area contributed by atoms with E-state index in [2.05, 4.69) is 41.2 Å². The Balaban J connectivity index is 0.000000138. The van der Waals surface area contributed by atoms with Gasteiger partial charge in [0.25, 0.3) is 0 Å². The minimum absolute atomic E-state index is 1.04. The molecule has 2 aliphatic heterocycles. The summed E-state index contributed by atoms with van der Waals surface area (Å²) in [5.41, 5.74) is 4.95. The molecule has 0 aliphatic carbocycles. The first kappa shape index (κ1) is 10.8. The fourth-order valence-corrected chi connectivity index (χ4v) is 1.75. The lowest BCUT2D eigenvalue weighted by Gasteiger charge is -1.91. The lowest BCUT2D eigenvalue weighted by atomic mass is 10.1. The molecule has 82 valence electrons. The monoisotopic (exact) mass is 212 g/mol. The van der Waals surface area contributed by atoms with E-state index in [9.17, 15) is 0 Å². The van der Waals surface area contributed by atoms with E-state index in [0.29, 0.717) is 0 Å². The first-order chi connectivity index (χ1) is 7.75. The molecule has 1 aromatic rings. The van der Waals surface area contributed by atoms with Gasteiger partial charge in [-0.25, -0.2) is 0 Å². The molecule has 3 rings (SSSR count). The van der Waals surface area contributed by atoms with Crippen LogP contribution in [0.15, 0.2) is 46.5 Å². The van der Waals surface area contributed by atoms with Crippen LogP contribution in [0.4, 0.5) is 5.69 Å². The van der Waals surface area contributed by atoms with Crippen molar-refractivity contribution < 1.29 is 0 Å². The van der Waals surface area contributed by atoms with Gasteiger partial charge in [-0.05, 0) is 25.5 Å². The van der Waals surface area contributed by atoms with Crippen molar-refractivity contribution in [3.8, 4) is 0 Å². The molecule has 0 unspecified atom stereocenters.